The summed E-state index contributed by atoms with van der Waals surface area (Å²) in [6.07, 6.45) is 3.82. The number of pyridine rings is 1. The molecule has 0 spiro atoms. The Labute approximate surface area is 237 Å². The van der Waals surface area contributed by atoms with Crippen LogP contribution in [0, 0.1) is 0 Å². The van der Waals surface area contributed by atoms with Crippen LogP contribution >= 0.6 is 11.3 Å². The van der Waals surface area contributed by atoms with Crippen molar-refractivity contribution in [1.82, 2.24) is 9.55 Å². The Bertz CT molecular complexity index is 2570. The lowest BCUT2D eigenvalue weighted by atomic mass is 10.0. The van der Waals surface area contributed by atoms with Crippen molar-refractivity contribution in [2.45, 2.75) is 0 Å². The van der Waals surface area contributed by atoms with Crippen LogP contribution in [0.15, 0.2) is 131 Å². The largest absolute Gasteiger partial charge is 0.456 e. The van der Waals surface area contributed by atoms with Gasteiger partial charge < -0.3 is 8.98 Å². The molecule has 0 saturated heterocycles. The van der Waals surface area contributed by atoms with E-state index in [-0.39, 0.29) is 5.43 Å². The van der Waals surface area contributed by atoms with E-state index in [0.717, 1.165) is 22.3 Å². The Balaban J connectivity index is 1.31. The van der Waals surface area contributed by atoms with Gasteiger partial charge in [0.05, 0.1) is 32.7 Å². The van der Waals surface area contributed by atoms with Gasteiger partial charge in [-0.05, 0) is 59.7 Å². The lowest BCUT2D eigenvalue weighted by Gasteiger charge is -2.11. The van der Waals surface area contributed by atoms with Crippen LogP contribution in [-0.4, -0.2) is 9.55 Å². The number of para-hydroxylation sites is 1. The molecule has 0 radical (unpaired) electrons. The van der Waals surface area contributed by atoms with Crippen molar-refractivity contribution in [3.05, 3.63) is 132 Å². The van der Waals surface area contributed by atoms with E-state index in [1.807, 2.05) is 66.2 Å². The van der Waals surface area contributed by atoms with Gasteiger partial charge in [0, 0.05) is 38.1 Å². The summed E-state index contributed by atoms with van der Waals surface area (Å²) in [7, 11) is 0. The molecule has 0 bridgehead atoms. The van der Waals surface area contributed by atoms with Gasteiger partial charge in [0.25, 0.3) is 0 Å². The van der Waals surface area contributed by atoms with E-state index in [9.17, 15) is 4.79 Å². The summed E-state index contributed by atoms with van der Waals surface area (Å²) in [6, 6.07) is 37.0. The number of benzene rings is 5. The summed E-state index contributed by atoms with van der Waals surface area (Å²) in [4.78, 5) is 17.6. The van der Waals surface area contributed by atoms with Crippen molar-refractivity contribution < 1.29 is 4.42 Å². The summed E-state index contributed by atoms with van der Waals surface area (Å²) in [5.41, 5.74) is 6.53. The minimum atomic E-state index is -0.00715. The van der Waals surface area contributed by atoms with Crippen LogP contribution < -0.4 is 5.43 Å². The van der Waals surface area contributed by atoms with Gasteiger partial charge in [0.15, 0.2) is 0 Å². The maximum Gasteiger partial charge on any atom is 0.200 e. The number of nitrogens with zero attached hydrogens (tertiary/aromatic N) is 2. The van der Waals surface area contributed by atoms with Crippen LogP contribution in [0.3, 0.4) is 0 Å². The first kappa shape index (κ1) is 22.5. The maximum atomic E-state index is 13.1. The lowest BCUT2D eigenvalue weighted by Crippen LogP contribution is -2.01. The molecule has 4 aromatic heterocycles. The Kier molecular flexibility index (Phi) is 4.60. The third kappa shape index (κ3) is 3.21. The predicted molar refractivity (Wildman–Crippen MR) is 170 cm³/mol. The molecule has 0 N–H and O–H groups in total. The van der Waals surface area contributed by atoms with E-state index in [2.05, 4.69) is 76.3 Å². The fraction of sp³-hybridized carbons (Fsp3) is 0. The normalized spacial score (nSPS) is 12.0. The highest BCUT2D eigenvalue weighted by molar-refractivity contribution is 7.26. The molecule has 0 amide bonds. The van der Waals surface area contributed by atoms with Gasteiger partial charge in [-0.2, -0.15) is 0 Å². The molecule has 0 atom stereocenters. The molecule has 0 unspecified atom stereocenters. The van der Waals surface area contributed by atoms with Gasteiger partial charge in [0.2, 0.25) is 5.43 Å². The van der Waals surface area contributed by atoms with Crippen LogP contribution in [0.2, 0.25) is 0 Å². The first-order valence-electron chi connectivity index (χ1n) is 13.5. The molecule has 0 saturated carbocycles. The number of rotatable bonds is 2. The van der Waals surface area contributed by atoms with Gasteiger partial charge in [-0.3, -0.25) is 9.78 Å². The molecular weight excluding hydrogens is 524 g/mol. The Morgan fingerprint density at radius 1 is 0.634 bits per heavy atom. The number of hydrogen-bond acceptors (Lipinski definition) is 4. The first-order chi connectivity index (χ1) is 20.2. The van der Waals surface area contributed by atoms with Crippen molar-refractivity contribution in [3.8, 4) is 16.8 Å². The highest BCUT2D eigenvalue weighted by Crippen LogP contribution is 2.43. The van der Waals surface area contributed by atoms with Crippen LogP contribution in [0.1, 0.15) is 0 Å². The highest BCUT2D eigenvalue weighted by Gasteiger charge is 2.18. The monoisotopic (exact) mass is 544 g/mol. The Morgan fingerprint density at radius 2 is 1.41 bits per heavy atom. The highest BCUT2D eigenvalue weighted by atomic mass is 32.1. The minimum Gasteiger partial charge on any atom is -0.456 e. The summed E-state index contributed by atoms with van der Waals surface area (Å²) in [6.45, 7) is 0. The van der Waals surface area contributed by atoms with E-state index in [0.29, 0.717) is 21.9 Å². The quantitative estimate of drug-likeness (QED) is 0.204. The van der Waals surface area contributed by atoms with Crippen molar-refractivity contribution in [3.63, 3.8) is 0 Å². The van der Waals surface area contributed by atoms with Gasteiger partial charge >= 0.3 is 0 Å². The number of fused-ring (bicyclic) bond motifs is 9. The molecule has 4 heterocycles. The third-order valence-electron chi connectivity index (χ3n) is 8.09. The molecule has 9 aromatic rings. The first-order valence-corrected chi connectivity index (χ1v) is 14.3. The van der Waals surface area contributed by atoms with Crippen LogP contribution in [0.4, 0.5) is 0 Å². The predicted octanol–water partition coefficient (Wildman–Crippen LogP) is 9.47. The molecule has 5 heteroatoms. The van der Waals surface area contributed by atoms with E-state index in [1.54, 1.807) is 0 Å². The third-order valence-corrected chi connectivity index (χ3v) is 9.28. The Morgan fingerprint density at radius 3 is 2.37 bits per heavy atom. The number of thiophene rings is 1. The second-order valence-corrected chi connectivity index (χ2v) is 11.4. The van der Waals surface area contributed by atoms with Crippen LogP contribution in [0.5, 0.6) is 0 Å². The van der Waals surface area contributed by atoms with E-state index >= 15 is 0 Å². The molecule has 0 fully saturated rings. The lowest BCUT2D eigenvalue weighted by molar-refractivity contribution is 0.660. The van der Waals surface area contributed by atoms with Crippen molar-refractivity contribution in [2.24, 2.45) is 0 Å². The molecule has 192 valence electrons. The topological polar surface area (TPSA) is 48.0 Å². The number of aromatic nitrogens is 2. The van der Waals surface area contributed by atoms with E-state index in [1.165, 1.54) is 36.5 Å². The van der Waals surface area contributed by atoms with Crippen LogP contribution in [0.25, 0.3) is 80.7 Å². The Hall–Kier alpha value is -5.26. The smallest absolute Gasteiger partial charge is 0.200 e. The summed E-state index contributed by atoms with van der Waals surface area (Å²) < 4.78 is 11.1. The van der Waals surface area contributed by atoms with Crippen molar-refractivity contribution in [1.29, 1.82) is 0 Å². The number of hydrogen-bond donors (Lipinski definition) is 0. The summed E-state index contributed by atoms with van der Waals surface area (Å²) in [5.74, 6) is 0. The molecular formula is C36H20N2O2S. The second-order valence-electron chi connectivity index (χ2n) is 10.4. The zero-order valence-corrected chi connectivity index (χ0v) is 22.5. The molecule has 41 heavy (non-hydrogen) atoms. The molecule has 0 aliphatic rings. The SMILES string of the molecule is O=c1c2ccccc2oc2cc(-c3cccc(-n4c5cnccc5c5ccc6c7ccccc7sc6c54)c3)ccc12. The van der Waals surface area contributed by atoms with Gasteiger partial charge in [-0.25, -0.2) is 0 Å². The summed E-state index contributed by atoms with van der Waals surface area (Å²) in [5, 5.41) is 6.13. The zero-order valence-electron chi connectivity index (χ0n) is 21.7. The van der Waals surface area contributed by atoms with E-state index < -0.39 is 0 Å². The van der Waals surface area contributed by atoms with Gasteiger partial charge in [0.1, 0.15) is 11.2 Å². The fourth-order valence-electron chi connectivity index (χ4n) is 6.20. The van der Waals surface area contributed by atoms with Gasteiger partial charge in [-0.1, -0.05) is 60.7 Å². The average molecular weight is 545 g/mol. The van der Waals surface area contributed by atoms with Crippen molar-refractivity contribution in [2.75, 3.05) is 0 Å². The average Bonchev–Trinajstić information content (AvgIpc) is 3.57. The van der Waals surface area contributed by atoms with Gasteiger partial charge in [-0.15, -0.1) is 11.3 Å². The maximum absolute atomic E-state index is 13.1. The minimum absolute atomic E-state index is 0.00715. The molecule has 9 rings (SSSR count). The molecule has 5 aromatic carbocycles. The van der Waals surface area contributed by atoms with Crippen LogP contribution in [-0.2, 0) is 0 Å². The van der Waals surface area contributed by atoms with E-state index in [4.69, 9.17) is 4.42 Å². The zero-order chi connectivity index (χ0) is 27.1. The summed E-state index contributed by atoms with van der Waals surface area (Å²) >= 11 is 1.84. The fourth-order valence-corrected chi connectivity index (χ4v) is 7.44. The second kappa shape index (κ2) is 8.37. The molecule has 0 aliphatic carbocycles. The standard InChI is InChI=1S/C36H20N2O2S/c39-35-28-9-1-3-10-31(28)40-32-19-22(12-13-29(32)35)21-6-5-7-23(18-21)38-30-20-37-17-16-24(30)26-14-15-27-25-8-2-4-11-33(25)41-36(27)34(26)38/h1-20H. The van der Waals surface area contributed by atoms with Crippen molar-refractivity contribution >= 4 is 75.3 Å². The molecule has 4 nitrogen and oxygen atoms in total. The molecule has 0 aliphatic heterocycles.